The van der Waals surface area contributed by atoms with Crippen LogP contribution in [0.5, 0.6) is 0 Å². The van der Waals surface area contributed by atoms with Crippen molar-refractivity contribution in [2.24, 2.45) is 0 Å². The van der Waals surface area contributed by atoms with Crippen LogP contribution in [-0.4, -0.2) is 23.9 Å². The number of aliphatic hydroxyl groups is 1. The van der Waals surface area contributed by atoms with Crippen LogP contribution in [0.1, 0.15) is 5.56 Å². The number of hydrogen-bond acceptors (Lipinski definition) is 2. The molecule has 0 bridgehead atoms. The van der Waals surface area contributed by atoms with E-state index in [0.717, 1.165) is 10.0 Å². The topological polar surface area (TPSA) is 32.3 Å². The molecule has 1 aromatic carbocycles. The lowest BCUT2D eigenvalue weighted by molar-refractivity contribution is -0.201. The van der Waals surface area contributed by atoms with Gasteiger partial charge in [0.1, 0.15) is 0 Å². The summed E-state index contributed by atoms with van der Waals surface area (Å²) in [5, 5.41) is 11.7. The predicted molar refractivity (Wildman–Crippen MR) is 62.9 cm³/mol. The molecule has 17 heavy (non-hydrogen) atoms. The molecule has 1 atom stereocenters. The summed E-state index contributed by atoms with van der Waals surface area (Å²) in [4.78, 5) is 0. The third kappa shape index (κ3) is 4.83. The molecule has 0 heterocycles. The molecule has 0 saturated heterocycles. The van der Waals surface area contributed by atoms with Crippen molar-refractivity contribution >= 4 is 27.5 Å². The second kappa shape index (κ2) is 6.04. The van der Waals surface area contributed by atoms with Gasteiger partial charge in [-0.25, -0.2) is 0 Å². The van der Waals surface area contributed by atoms with Gasteiger partial charge in [0.25, 0.3) is 0 Å². The Labute approximate surface area is 110 Å². The van der Waals surface area contributed by atoms with Crippen molar-refractivity contribution in [2.45, 2.75) is 18.8 Å². The monoisotopic (exact) mass is 331 g/mol. The fourth-order valence-electron chi connectivity index (χ4n) is 1.12. The SMILES string of the molecule is OC(CNCc1ccc(Br)c(Cl)c1)C(F)(F)F. The minimum atomic E-state index is -4.59. The molecule has 0 aliphatic rings. The van der Waals surface area contributed by atoms with Gasteiger partial charge < -0.3 is 10.4 Å². The molecule has 0 aliphatic carbocycles. The van der Waals surface area contributed by atoms with Crippen molar-refractivity contribution in [1.29, 1.82) is 0 Å². The molecule has 0 aliphatic heterocycles. The van der Waals surface area contributed by atoms with Crippen LogP contribution in [0, 0.1) is 0 Å². The quantitative estimate of drug-likeness (QED) is 0.888. The average Bonchev–Trinajstić information content (AvgIpc) is 2.22. The van der Waals surface area contributed by atoms with Crippen LogP contribution in [0.3, 0.4) is 0 Å². The number of nitrogens with one attached hydrogen (secondary N) is 1. The van der Waals surface area contributed by atoms with Gasteiger partial charge in [0.15, 0.2) is 6.10 Å². The van der Waals surface area contributed by atoms with Crippen molar-refractivity contribution in [1.82, 2.24) is 5.32 Å². The molecule has 0 fully saturated rings. The molecular weight excluding hydrogens is 322 g/mol. The number of aliphatic hydroxyl groups excluding tert-OH is 1. The highest BCUT2D eigenvalue weighted by atomic mass is 79.9. The van der Waals surface area contributed by atoms with E-state index in [1.54, 1.807) is 18.2 Å². The molecule has 0 spiro atoms. The first-order valence-electron chi connectivity index (χ1n) is 4.70. The van der Waals surface area contributed by atoms with Crippen LogP contribution < -0.4 is 5.32 Å². The Balaban J connectivity index is 2.44. The van der Waals surface area contributed by atoms with Gasteiger partial charge in [0.05, 0.1) is 5.02 Å². The average molecular weight is 333 g/mol. The van der Waals surface area contributed by atoms with Crippen molar-refractivity contribution < 1.29 is 18.3 Å². The van der Waals surface area contributed by atoms with E-state index in [2.05, 4.69) is 21.2 Å². The smallest absolute Gasteiger partial charge is 0.382 e. The van der Waals surface area contributed by atoms with Gasteiger partial charge in [-0.3, -0.25) is 0 Å². The number of halogens is 5. The molecule has 1 unspecified atom stereocenters. The number of benzene rings is 1. The maximum absolute atomic E-state index is 12.0. The Morgan fingerprint density at radius 2 is 2.06 bits per heavy atom. The third-order valence-electron chi connectivity index (χ3n) is 2.03. The first kappa shape index (κ1) is 14.8. The standard InChI is InChI=1S/C10H10BrClF3NO/c11-7-2-1-6(3-8(7)12)4-16-5-9(17)10(13,14)15/h1-3,9,16-17H,4-5H2. The number of alkyl halides is 3. The predicted octanol–water partition coefficient (Wildman–Crippen LogP) is 3.12. The van der Waals surface area contributed by atoms with E-state index in [-0.39, 0.29) is 6.54 Å². The molecular formula is C10H10BrClF3NO. The molecule has 7 heteroatoms. The molecule has 2 N–H and O–H groups in total. The fraction of sp³-hybridized carbons (Fsp3) is 0.400. The molecule has 96 valence electrons. The van der Waals surface area contributed by atoms with Crippen LogP contribution in [-0.2, 0) is 6.54 Å². The fourth-order valence-corrected chi connectivity index (χ4v) is 1.57. The summed E-state index contributed by atoms with van der Waals surface area (Å²) < 4.78 is 36.6. The van der Waals surface area contributed by atoms with Crippen LogP contribution in [0.25, 0.3) is 0 Å². The molecule has 0 aromatic heterocycles. The highest BCUT2D eigenvalue weighted by molar-refractivity contribution is 9.10. The summed E-state index contributed by atoms with van der Waals surface area (Å²) >= 11 is 9.03. The van der Waals surface area contributed by atoms with E-state index in [0.29, 0.717) is 5.02 Å². The van der Waals surface area contributed by atoms with Gasteiger partial charge in [-0.1, -0.05) is 17.7 Å². The largest absolute Gasteiger partial charge is 0.415 e. The summed E-state index contributed by atoms with van der Waals surface area (Å²) in [6, 6.07) is 5.07. The van der Waals surface area contributed by atoms with Crippen molar-refractivity contribution in [3.05, 3.63) is 33.3 Å². The first-order valence-corrected chi connectivity index (χ1v) is 5.87. The summed E-state index contributed by atoms with van der Waals surface area (Å²) in [5.74, 6) is 0. The Morgan fingerprint density at radius 1 is 1.41 bits per heavy atom. The number of hydrogen-bond donors (Lipinski definition) is 2. The lowest BCUT2D eigenvalue weighted by Crippen LogP contribution is -2.38. The van der Waals surface area contributed by atoms with Crippen LogP contribution >= 0.6 is 27.5 Å². The zero-order valence-corrected chi connectivity index (χ0v) is 10.9. The molecule has 2 nitrogen and oxygen atoms in total. The maximum Gasteiger partial charge on any atom is 0.415 e. The van der Waals surface area contributed by atoms with E-state index in [4.69, 9.17) is 16.7 Å². The highest BCUT2D eigenvalue weighted by Gasteiger charge is 2.37. The van der Waals surface area contributed by atoms with Gasteiger partial charge in [-0.05, 0) is 33.6 Å². The van der Waals surface area contributed by atoms with E-state index >= 15 is 0 Å². The van der Waals surface area contributed by atoms with Crippen molar-refractivity contribution in [3.8, 4) is 0 Å². The Kier molecular flexibility index (Phi) is 5.24. The molecule has 1 rings (SSSR count). The first-order chi connectivity index (χ1) is 7.80. The summed E-state index contributed by atoms with van der Waals surface area (Å²) in [6.07, 6.45) is -6.95. The second-order valence-electron chi connectivity index (χ2n) is 3.44. The molecule has 1 aromatic rings. The van der Waals surface area contributed by atoms with Gasteiger partial charge in [-0.15, -0.1) is 0 Å². The lowest BCUT2D eigenvalue weighted by Gasteiger charge is -2.15. The normalized spacial score (nSPS) is 13.8. The van der Waals surface area contributed by atoms with Gasteiger partial charge in [0, 0.05) is 17.6 Å². The van der Waals surface area contributed by atoms with E-state index in [1.807, 2.05) is 0 Å². The van der Waals surface area contributed by atoms with Crippen molar-refractivity contribution in [3.63, 3.8) is 0 Å². The zero-order chi connectivity index (χ0) is 13.1. The molecule has 0 radical (unpaired) electrons. The van der Waals surface area contributed by atoms with Gasteiger partial charge >= 0.3 is 6.18 Å². The molecule has 0 saturated carbocycles. The van der Waals surface area contributed by atoms with Crippen molar-refractivity contribution in [2.75, 3.05) is 6.54 Å². The maximum atomic E-state index is 12.0. The van der Waals surface area contributed by atoms with E-state index in [1.165, 1.54) is 0 Å². The minimum Gasteiger partial charge on any atom is -0.382 e. The summed E-state index contributed by atoms with van der Waals surface area (Å²) in [7, 11) is 0. The Hall–Kier alpha value is -0.300. The highest BCUT2D eigenvalue weighted by Crippen LogP contribution is 2.23. The Morgan fingerprint density at radius 3 is 2.59 bits per heavy atom. The third-order valence-corrected chi connectivity index (χ3v) is 3.26. The minimum absolute atomic E-state index is 0.208. The zero-order valence-electron chi connectivity index (χ0n) is 8.56. The Bertz CT molecular complexity index is 386. The van der Waals surface area contributed by atoms with Crippen LogP contribution in [0.2, 0.25) is 5.02 Å². The van der Waals surface area contributed by atoms with E-state index < -0.39 is 18.8 Å². The number of rotatable bonds is 4. The summed E-state index contributed by atoms with van der Waals surface area (Å²) in [5.41, 5.74) is 0.743. The van der Waals surface area contributed by atoms with Crippen LogP contribution in [0.4, 0.5) is 13.2 Å². The van der Waals surface area contributed by atoms with Gasteiger partial charge in [-0.2, -0.15) is 13.2 Å². The van der Waals surface area contributed by atoms with E-state index in [9.17, 15) is 13.2 Å². The summed E-state index contributed by atoms with van der Waals surface area (Å²) in [6.45, 7) is -0.336. The lowest BCUT2D eigenvalue weighted by atomic mass is 10.2. The van der Waals surface area contributed by atoms with Crippen LogP contribution in [0.15, 0.2) is 22.7 Å². The molecule has 0 amide bonds. The second-order valence-corrected chi connectivity index (χ2v) is 4.70. The van der Waals surface area contributed by atoms with Gasteiger partial charge in [0.2, 0.25) is 0 Å².